The lowest BCUT2D eigenvalue weighted by atomic mass is 9.46. The third kappa shape index (κ3) is 3.08. The maximum absolute atomic E-state index is 14.4. The summed E-state index contributed by atoms with van der Waals surface area (Å²) in [5.41, 5.74) is 1.27. The smallest absolute Gasteiger partial charge is 0.200 e. The standard InChI is InChI=1S/C22H30F2O/c1-3-25-19-9-8-18(20(23)21(19)24)16-6-4-15(5-7-16)17-12-22(13-17)10-14(2)11-22/h8-9,14-17H,3-7,10-13H2,1-2H3. The van der Waals surface area contributed by atoms with Gasteiger partial charge < -0.3 is 4.74 Å². The van der Waals surface area contributed by atoms with E-state index in [1.165, 1.54) is 38.5 Å². The third-order valence-electron chi connectivity index (χ3n) is 7.21. The van der Waals surface area contributed by atoms with Crippen molar-refractivity contribution in [2.75, 3.05) is 6.61 Å². The largest absolute Gasteiger partial charge is 0.491 e. The molecule has 1 aromatic carbocycles. The predicted molar refractivity (Wildman–Crippen MR) is 95.8 cm³/mol. The van der Waals surface area contributed by atoms with E-state index in [2.05, 4.69) is 6.92 Å². The number of halogens is 2. The minimum Gasteiger partial charge on any atom is -0.491 e. The van der Waals surface area contributed by atoms with Crippen LogP contribution in [0.4, 0.5) is 8.78 Å². The molecule has 0 aliphatic heterocycles. The second-order valence-corrected chi connectivity index (χ2v) is 9.01. The lowest BCUT2D eigenvalue weighted by Gasteiger charge is -2.59. The van der Waals surface area contributed by atoms with Crippen molar-refractivity contribution in [3.05, 3.63) is 29.3 Å². The van der Waals surface area contributed by atoms with Gasteiger partial charge in [0.2, 0.25) is 5.82 Å². The first-order chi connectivity index (χ1) is 12.0. The van der Waals surface area contributed by atoms with Gasteiger partial charge in [-0.15, -0.1) is 0 Å². The van der Waals surface area contributed by atoms with E-state index >= 15 is 0 Å². The molecule has 0 atom stereocenters. The van der Waals surface area contributed by atoms with Crippen LogP contribution in [0.1, 0.15) is 76.7 Å². The molecule has 0 saturated heterocycles. The van der Waals surface area contributed by atoms with Crippen LogP contribution in [-0.4, -0.2) is 6.61 Å². The molecule has 4 rings (SSSR count). The normalized spacial score (nSPS) is 37.4. The summed E-state index contributed by atoms with van der Waals surface area (Å²) in [6, 6.07) is 3.33. The molecule has 0 aromatic heterocycles. The molecule has 25 heavy (non-hydrogen) atoms. The number of hydrogen-bond acceptors (Lipinski definition) is 1. The number of benzene rings is 1. The highest BCUT2D eigenvalue weighted by Crippen LogP contribution is 2.64. The SMILES string of the molecule is CCOc1ccc(C2CCC(C3CC4(CC(C)C4)C3)CC2)c(F)c1F. The average Bonchev–Trinajstić information content (AvgIpc) is 2.55. The van der Waals surface area contributed by atoms with Gasteiger partial charge in [0.05, 0.1) is 6.61 Å². The lowest BCUT2D eigenvalue weighted by Crippen LogP contribution is -2.49. The Labute approximate surface area is 150 Å². The van der Waals surface area contributed by atoms with Gasteiger partial charge >= 0.3 is 0 Å². The van der Waals surface area contributed by atoms with Crippen LogP contribution in [-0.2, 0) is 0 Å². The van der Waals surface area contributed by atoms with Gasteiger partial charge in [0.15, 0.2) is 11.6 Å². The molecule has 3 heteroatoms. The fourth-order valence-electron chi connectivity index (χ4n) is 6.17. The Hall–Kier alpha value is -1.12. The molecule has 0 unspecified atom stereocenters. The van der Waals surface area contributed by atoms with E-state index < -0.39 is 11.6 Å². The third-order valence-corrected chi connectivity index (χ3v) is 7.21. The van der Waals surface area contributed by atoms with Crippen LogP contribution >= 0.6 is 0 Å². The monoisotopic (exact) mass is 348 g/mol. The Kier molecular flexibility index (Phi) is 4.54. The van der Waals surface area contributed by atoms with Crippen molar-refractivity contribution in [2.24, 2.45) is 23.2 Å². The highest BCUT2D eigenvalue weighted by atomic mass is 19.2. The van der Waals surface area contributed by atoms with Crippen molar-refractivity contribution >= 4 is 0 Å². The second kappa shape index (κ2) is 6.55. The topological polar surface area (TPSA) is 9.23 Å². The van der Waals surface area contributed by atoms with E-state index in [1.54, 1.807) is 19.1 Å². The summed E-state index contributed by atoms with van der Waals surface area (Å²) in [4.78, 5) is 0. The van der Waals surface area contributed by atoms with E-state index in [0.29, 0.717) is 17.6 Å². The summed E-state index contributed by atoms with van der Waals surface area (Å²) < 4.78 is 33.7. The maximum Gasteiger partial charge on any atom is 0.200 e. The molecule has 1 aromatic rings. The van der Waals surface area contributed by atoms with E-state index in [9.17, 15) is 8.78 Å². The van der Waals surface area contributed by atoms with Gasteiger partial charge in [0.1, 0.15) is 0 Å². The second-order valence-electron chi connectivity index (χ2n) is 9.01. The molecule has 0 heterocycles. The lowest BCUT2D eigenvalue weighted by molar-refractivity contribution is -0.0874. The fraction of sp³-hybridized carbons (Fsp3) is 0.727. The zero-order valence-electron chi connectivity index (χ0n) is 15.5. The molecule has 0 bridgehead atoms. The summed E-state index contributed by atoms with van der Waals surface area (Å²) in [7, 11) is 0. The van der Waals surface area contributed by atoms with Gasteiger partial charge in [0.25, 0.3) is 0 Å². The van der Waals surface area contributed by atoms with Crippen LogP contribution in [0, 0.1) is 34.8 Å². The summed E-state index contributed by atoms with van der Waals surface area (Å²) in [5.74, 6) is 1.34. The Balaban J connectivity index is 1.34. The molecule has 3 aliphatic carbocycles. The maximum atomic E-state index is 14.4. The number of hydrogen-bond donors (Lipinski definition) is 0. The van der Waals surface area contributed by atoms with Gasteiger partial charge in [-0.05, 0) is 99.0 Å². The molecular formula is C22H30F2O. The van der Waals surface area contributed by atoms with Gasteiger partial charge in [0, 0.05) is 0 Å². The highest BCUT2D eigenvalue weighted by molar-refractivity contribution is 5.33. The Morgan fingerprint density at radius 2 is 1.64 bits per heavy atom. The molecule has 3 fully saturated rings. The van der Waals surface area contributed by atoms with Crippen LogP contribution < -0.4 is 4.74 Å². The highest BCUT2D eigenvalue weighted by Gasteiger charge is 2.53. The van der Waals surface area contributed by atoms with Crippen molar-refractivity contribution in [1.29, 1.82) is 0 Å². The van der Waals surface area contributed by atoms with Gasteiger partial charge in [-0.25, -0.2) is 4.39 Å². The van der Waals surface area contributed by atoms with Crippen LogP contribution in [0.5, 0.6) is 5.75 Å². The minimum absolute atomic E-state index is 0.0342. The first-order valence-electron chi connectivity index (χ1n) is 10.1. The van der Waals surface area contributed by atoms with Crippen LogP contribution in [0.2, 0.25) is 0 Å². The van der Waals surface area contributed by atoms with Crippen LogP contribution in [0.15, 0.2) is 12.1 Å². The summed E-state index contributed by atoms with van der Waals surface area (Å²) >= 11 is 0. The van der Waals surface area contributed by atoms with Crippen molar-refractivity contribution in [3.63, 3.8) is 0 Å². The molecule has 1 spiro atoms. The van der Waals surface area contributed by atoms with E-state index in [-0.39, 0.29) is 11.7 Å². The van der Waals surface area contributed by atoms with Crippen molar-refractivity contribution < 1.29 is 13.5 Å². The van der Waals surface area contributed by atoms with Gasteiger partial charge in [-0.2, -0.15) is 4.39 Å². The summed E-state index contributed by atoms with van der Waals surface area (Å²) in [5, 5.41) is 0. The molecule has 0 N–H and O–H groups in total. The minimum atomic E-state index is -0.818. The first kappa shape index (κ1) is 17.3. The van der Waals surface area contributed by atoms with Gasteiger partial charge in [-0.3, -0.25) is 0 Å². The Bertz CT molecular complexity index is 619. The molecule has 3 saturated carbocycles. The zero-order chi connectivity index (χ0) is 17.6. The Morgan fingerprint density at radius 3 is 2.24 bits per heavy atom. The van der Waals surface area contributed by atoms with E-state index in [1.807, 2.05) is 0 Å². The van der Waals surface area contributed by atoms with Crippen molar-refractivity contribution in [3.8, 4) is 5.75 Å². The van der Waals surface area contributed by atoms with Crippen LogP contribution in [0.3, 0.4) is 0 Å². The fourth-order valence-corrected chi connectivity index (χ4v) is 6.17. The molecule has 138 valence electrons. The predicted octanol–water partition coefficient (Wildman–Crippen LogP) is 6.46. The summed E-state index contributed by atoms with van der Waals surface area (Å²) in [6.07, 6.45) is 10.1. The molecule has 1 nitrogen and oxygen atoms in total. The molecule has 0 amide bonds. The number of ether oxygens (including phenoxy) is 1. The summed E-state index contributed by atoms with van der Waals surface area (Å²) in [6.45, 7) is 4.50. The Morgan fingerprint density at radius 1 is 0.960 bits per heavy atom. The number of rotatable bonds is 4. The zero-order valence-corrected chi connectivity index (χ0v) is 15.5. The van der Waals surface area contributed by atoms with Crippen LogP contribution in [0.25, 0.3) is 0 Å². The van der Waals surface area contributed by atoms with Crippen molar-refractivity contribution in [1.82, 2.24) is 0 Å². The average molecular weight is 348 g/mol. The molecule has 3 aliphatic rings. The van der Waals surface area contributed by atoms with Crippen molar-refractivity contribution in [2.45, 2.75) is 71.1 Å². The van der Waals surface area contributed by atoms with E-state index in [0.717, 1.165) is 30.6 Å². The first-order valence-corrected chi connectivity index (χ1v) is 10.1. The molecular weight excluding hydrogens is 318 g/mol. The van der Waals surface area contributed by atoms with E-state index in [4.69, 9.17) is 4.74 Å². The quantitative estimate of drug-likeness (QED) is 0.606. The van der Waals surface area contributed by atoms with Gasteiger partial charge in [-0.1, -0.05) is 13.0 Å². The molecule has 0 radical (unpaired) electrons.